The Bertz CT molecular complexity index is 2580. The molecule has 10 rings (SSSR count). The number of pyridine rings is 1. The minimum Gasteiger partial charge on any atom is -0.309 e. The molecule has 0 saturated carbocycles. The van der Waals surface area contributed by atoms with Gasteiger partial charge in [0.1, 0.15) is 0 Å². The van der Waals surface area contributed by atoms with Crippen LogP contribution >= 0.6 is 0 Å². The van der Waals surface area contributed by atoms with Crippen molar-refractivity contribution in [3.63, 3.8) is 0 Å². The largest absolute Gasteiger partial charge is 0.309 e. The van der Waals surface area contributed by atoms with Crippen LogP contribution in [0.5, 0.6) is 0 Å². The lowest BCUT2D eigenvalue weighted by molar-refractivity contribution is 1.12. The minimum absolute atomic E-state index is 1.11. The summed E-state index contributed by atoms with van der Waals surface area (Å²) in [5.41, 5.74) is 13.0. The van der Waals surface area contributed by atoms with Crippen LogP contribution in [0.4, 0.5) is 17.1 Å². The maximum atomic E-state index is 4.32. The van der Waals surface area contributed by atoms with Crippen molar-refractivity contribution < 1.29 is 0 Å². The Balaban J connectivity index is 1.30. The molecule has 0 fully saturated rings. The van der Waals surface area contributed by atoms with E-state index >= 15 is 0 Å². The predicted molar refractivity (Wildman–Crippen MR) is 187 cm³/mol. The molecule has 6 aromatic carbocycles. The number of aromatic nitrogens is 3. The molecule has 0 atom stereocenters. The van der Waals surface area contributed by atoms with Crippen molar-refractivity contribution in [3.8, 4) is 22.5 Å². The van der Waals surface area contributed by atoms with Crippen molar-refractivity contribution in [2.24, 2.45) is 0 Å². The number of nitrogens with zero attached hydrogens (tertiary/aromatic N) is 4. The van der Waals surface area contributed by atoms with Crippen LogP contribution in [-0.2, 0) is 0 Å². The van der Waals surface area contributed by atoms with Gasteiger partial charge < -0.3 is 14.0 Å². The van der Waals surface area contributed by atoms with Crippen LogP contribution in [0, 0.1) is 0 Å². The van der Waals surface area contributed by atoms with E-state index in [-0.39, 0.29) is 0 Å². The van der Waals surface area contributed by atoms with Gasteiger partial charge in [-0.15, -0.1) is 0 Å². The SMILES string of the molecule is c1ccc(-n2c3ccccc3c3c2ccc2c4cccc5c4n(c23)-c2ccccc2N5c2ccc(-c3cccnc3)cc2)cc1. The number of hydrogen-bond acceptors (Lipinski definition) is 2. The van der Waals surface area contributed by atoms with Crippen molar-refractivity contribution >= 4 is 60.7 Å². The molecule has 4 heteroatoms. The number of fused-ring (bicyclic) bond motifs is 9. The summed E-state index contributed by atoms with van der Waals surface area (Å²) in [5.74, 6) is 0. The van der Waals surface area contributed by atoms with Gasteiger partial charge in [0.05, 0.1) is 39.1 Å². The number of rotatable bonds is 3. The van der Waals surface area contributed by atoms with Crippen LogP contribution in [0.25, 0.3) is 66.1 Å². The van der Waals surface area contributed by atoms with E-state index in [2.05, 4.69) is 159 Å². The zero-order chi connectivity index (χ0) is 29.5. The third-order valence-electron chi connectivity index (χ3n) is 9.30. The van der Waals surface area contributed by atoms with Crippen molar-refractivity contribution in [2.75, 3.05) is 4.90 Å². The monoisotopic (exact) mass is 574 g/mol. The Morgan fingerprint density at radius 3 is 1.98 bits per heavy atom. The molecule has 1 aliphatic rings. The number of para-hydroxylation sites is 5. The molecular weight excluding hydrogens is 548 g/mol. The molecule has 45 heavy (non-hydrogen) atoms. The van der Waals surface area contributed by atoms with Gasteiger partial charge in [0.25, 0.3) is 0 Å². The van der Waals surface area contributed by atoms with Gasteiger partial charge in [-0.1, -0.05) is 84.9 Å². The molecule has 3 aromatic heterocycles. The van der Waals surface area contributed by atoms with Crippen LogP contribution in [0.2, 0.25) is 0 Å². The molecule has 9 aromatic rings. The fourth-order valence-corrected chi connectivity index (χ4v) is 7.45. The standard InChI is InChI=1S/C41H26N4/c1-2-11-29(12-3-1)43-34-15-5-4-13-33(34)39-37(43)24-23-32-31-14-8-18-38-40(31)45(41(32)39)36-17-7-6-16-35(36)44(38)30-21-19-27(20-22-30)28-10-9-25-42-26-28/h1-26H. The van der Waals surface area contributed by atoms with Gasteiger partial charge in [0, 0.05) is 45.3 Å². The second-order valence-electron chi connectivity index (χ2n) is 11.7. The fourth-order valence-electron chi connectivity index (χ4n) is 7.45. The van der Waals surface area contributed by atoms with E-state index in [0.717, 1.165) is 22.5 Å². The smallest absolute Gasteiger partial charge is 0.0783 e. The summed E-state index contributed by atoms with van der Waals surface area (Å²) in [6.45, 7) is 0. The average molecular weight is 575 g/mol. The first-order valence-electron chi connectivity index (χ1n) is 15.3. The molecule has 210 valence electrons. The maximum Gasteiger partial charge on any atom is 0.0783 e. The van der Waals surface area contributed by atoms with Crippen LogP contribution in [0.15, 0.2) is 158 Å². The first-order valence-corrected chi connectivity index (χ1v) is 15.3. The molecule has 0 spiro atoms. The van der Waals surface area contributed by atoms with Crippen LogP contribution in [0.3, 0.4) is 0 Å². The first-order chi connectivity index (χ1) is 22.4. The van der Waals surface area contributed by atoms with E-state index in [1.54, 1.807) is 0 Å². The highest BCUT2D eigenvalue weighted by Gasteiger charge is 2.30. The summed E-state index contributed by atoms with van der Waals surface area (Å²) >= 11 is 0. The van der Waals surface area contributed by atoms with Crippen molar-refractivity contribution in [1.29, 1.82) is 0 Å². The van der Waals surface area contributed by atoms with Gasteiger partial charge in [-0.25, -0.2) is 0 Å². The van der Waals surface area contributed by atoms with Crippen molar-refractivity contribution in [3.05, 3.63) is 158 Å². The second-order valence-corrected chi connectivity index (χ2v) is 11.7. The van der Waals surface area contributed by atoms with Gasteiger partial charge in [0.2, 0.25) is 0 Å². The lowest BCUT2D eigenvalue weighted by Gasteiger charge is -2.33. The average Bonchev–Trinajstić information content (AvgIpc) is 3.63. The molecule has 0 N–H and O–H groups in total. The van der Waals surface area contributed by atoms with Crippen molar-refractivity contribution in [2.45, 2.75) is 0 Å². The summed E-state index contributed by atoms with van der Waals surface area (Å²) in [6, 6.07) is 52.6. The molecule has 0 aliphatic carbocycles. The number of anilines is 3. The first kappa shape index (κ1) is 24.3. The predicted octanol–water partition coefficient (Wildman–Crippen LogP) is 10.7. The van der Waals surface area contributed by atoms with Gasteiger partial charge in [-0.05, 0) is 71.8 Å². The molecule has 4 nitrogen and oxygen atoms in total. The highest BCUT2D eigenvalue weighted by atomic mass is 15.2. The third-order valence-corrected chi connectivity index (χ3v) is 9.30. The van der Waals surface area contributed by atoms with Gasteiger partial charge in [-0.2, -0.15) is 0 Å². The van der Waals surface area contributed by atoms with E-state index in [0.29, 0.717) is 0 Å². The topological polar surface area (TPSA) is 26.0 Å². The van der Waals surface area contributed by atoms with Gasteiger partial charge in [0.15, 0.2) is 0 Å². The summed E-state index contributed by atoms with van der Waals surface area (Å²) in [5, 5.41) is 5.05. The Morgan fingerprint density at radius 1 is 0.400 bits per heavy atom. The number of benzene rings is 6. The van der Waals surface area contributed by atoms with Crippen molar-refractivity contribution in [1.82, 2.24) is 14.1 Å². The van der Waals surface area contributed by atoms with E-state index < -0.39 is 0 Å². The maximum absolute atomic E-state index is 4.32. The molecule has 0 radical (unpaired) electrons. The zero-order valence-electron chi connectivity index (χ0n) is 24.3. The highest BCUT2D eigenvalue weighted by molar-refractivity contribution is 6.28. The van der Waals surface area contributed by atoms with Crippen LogP contribution in [-0.4, -0.2) is 14.1 Å². The molecule has 4 heterocycles. The summed E-state index contributed by atoms with van der Waals surface area (Å²) in [7, 11) is 0. The van der Waals surface area contributed by atoms with Crippen LogP contribution < -0.4 is 4.90 Å². The Labute approximate surface area is 259 Å². The van der Waals surface area contributed by atoms with Crippen LogP contribution in [0.1, 0.15) is 0 Å². The quantitative estimate of drug-likeness (QED) is 0.210. The number of hydrogen-bond donors (Lipinski definition) is 0. The summed E-state index contributed by atoms with van der Waals surface area (Å²) < 4.78 is 4.92. The summed E-state index contributed by atoms with van der Waals surface area (Å²) in [4.78, 5) is 6.73. The zero-order valence-corrected chi connectivity index (χ0v) is 24.3. The van der Waals surface area contributed by atoms with Gasteiger partial charge in [-0.3, -0.25) is 4.98 Å². The molecule has 0 bridgehead atoms. The van der Waals surface area contributed by atoms with E-state index in [4.69, 9.17) is 0 Å². The Kier molecular flexibility index (Phi) is 4.96. The van der Waals surface area contributed by atoms with E-state index in [9.17, 15) is 0 Å². The summed E-state index contributed by atoms with van der Waals surface area (Å²) in [6.07, 6.45) is 3.73. The molecule has 0 amide bonds. The van der Waals surface area contributed by atoms with E-state index in [1.165, 1.54) is 60.7 Å². The highest BCUT2D eigenvalue weighted by Crippen LogP contribution is 2.51. The molecule has 1 aliphatic heterocycles. The normalized spacial score (nSPS) is 12.4. The third kappa shape index (κ3) is 3.34. The van der Waals surface area contributed by atoms with Gasteiger partial charge >= 0.3 is 0 Å². The molecule has 0 saturated heterocycles. The fraction of sp³-hybridized carbons (Fsp3) is 0. The minimum atomic E-state index is 1.11. The van der Waals surface area contributed by atoms with E-state index in [1.807, 2.05) is 18.5 Å². The lowest BCUT2D eigenvalue weighted by atomic mass is 10.0. The second kappa shape index (κ2) is 9.18. The Hall–Kier alpha value is -6.13. The molecular formula is C41H26N4. The molecule has 0 unspecified atom stereocenters. The Morgan fingerprint density at radius 2 is 1.13 bits per heavy atom. The lowest BCUT2D eigenvalue weighted by Crippen LogP contribution is -2.18.